The Balaban J connectivity index is 1.20. The Bertz CT molecular complexity index is 1080. The molecular weight excluding hydrogens is 695 g/mol. The summed E-state index contributed by atoms with van der Waals surface area (Å²) in [5.41, 5.74) is 0.151. The number of hydrogen-bond acceptors (Lipinski definition) is 6. The number of hydrogen-bond donors (Lipinski definition) is 0. The first-order valence-electron chi connectivity index (χ1n) is 24.3. The molecule has 1 heterocycles. The zero-order chi connectivity index (χ0) is 40.1. The van der Waals surface area contributed by atoms with Crippen LogP contribution in [0.1, 0.15) is 214 Å². The molecule has 2 aliphatic carbocycles. The van der Waals surface area contributed by atoms with Crippen LogP contribution < -0.4 is 0 Å². The maximum atomic E-state index is 12.8. The molecule has 2 aliphatic rings. The van der Waals surface area contributed by atoms with Crippen LogP contribution in [0.5, 0.6) is 0 Å². The fourth-order valence-electron chi connectivity index (χ4n) is 10.3. The number of carbonyl (C=O) groups excluding carboxylic acids is 2. The standard InChI is InChI=1S/C49H89N3O4/c1-5-8-17-24-44(25-18-9-6-2)27-35-56-47(53)26-19-13-12-15-21-30-51(31-23-32-52-33-28-50-42-52)29-20-14-10-11-16-22-34-55-48(54)41-49(4)39-45-36-43(7-3)37-46(38-45)40-49/h28,33,42-46H,5-27,29-32,34-41H2,1-4H3. The summed E-state index contributed by atoms with van der Waals surface area (Å²) < 4.78 is 13.6. The van der Waals surface area contributed by atoms with E-state index >= 15 is 0 Å². The van der Waals surface area contributed by atoms with Crippen molar-refractivity contribution >= 4 is 11.9 Å². The number of fused-ring (bicyclic) bond motifs is 2. The smallest absolute Gasteiger partial charge is 0.306 e. The number of carbonyl (C=O) groups is 2. The molecule has 2 fully saturated rings. The summed E-state index contributed by atoms with van der Waals surface area (Å²) in [6, 6.07) is 0. The van der Waals surface area contributed by atoms with Gasteiger partial charge in [-0.05, 0) is 119 Å². The first-order chi connectivity index (χ1) is 27.3. The third-order valence-electron chi connectivity index (χ3n) is 13.4. The average molecular weight is 784 g/mol. The SMILES string of the molecule is CCCCCC(CCCCC)CCOC(=O)CCCCCCCN(CCCCCCCCOC(=O)CC1(C)CC2CC(CC)CC(C2)C1)CCCn1ccnc1. The molecule has 0 N–H and O–H groups in total. The van der Waals surface area contributed by atoms with Gasteiger partial charge in [0.1, 0.15) is 0 Å². The second-order valence-corrected chi connectivity index (χ2v) is 18.8. The second kappa shape index (κ2) is 30.2. The largest absolute Gasteiger partial charge is 0.466 e. The van der Waals surface area contributed by atoms with E-state index in [4.69, 9.17) is 9.47 Å². The van der Waals surface area contributed by atoms with Gasteiger partial charge in [0.2, 0.25) is 0 Å². The van der Waals surface area contributed by atoms with Crippen molar-refractivity contribution in [2.24, 2.45) is 29.1 Å². The van der Waals surface area contributed by atoms with Crippen LogP contribution in [0.25, 0.3) is 0 Å². The monoisotopic (exact) mass is 784 g/mol. The van der Waals surface area contributed by atoms with Crippen LogP contribution in [0.3, 0.4) is 0 Å². The Hall–Kier alpha value is -1.89. The summed E-state index contributed by atoms with van der Waals surface area (Å²) in [4.78, 5) is 32.0. The van der Waals surface area contributed by atoms with Crippen LogP contribution in [0, 0.1) is 29.1 Å². The van der Waals surface area contributed by atoms with Crippen LogP contribution in [-0.2, 0) is 25.6 Å². The number of aryl methyl sites for hydroxylation is 1. The highest BCUT2D eigenvalue weighted by molar-refractivity contribution is 5.70. The van der Waals surface area contributed by atoms with E-state index in [9.17, 15) is 9.59 Å². The summed E-state index contributed by atoms with van der Waals surface area (Å²) >= 11 is 0. The molecule has 2 saturated carbocycles. The summed E-state index contributed by atoms with van der Waals surface area (Å²) in [6.07, 6.45) is 40.4. The summed E-state index contributed by atoms with van der Waals surface area (Å²) in [7, 11) is 0. The van der Waals surface area contributed by atoms with Crippen LogP contribution >= 0.6 is 0 Å². The Morgan fingerprint density at radius 1 is 0.696 bits per heavy atom. The van der Waals surface area contributed by atoms with Crippen LogP contribution in [0.2, 0.25) is 0 Å². The van der Waals surface area contributed by atoms with E-state index in [2.05, 4.69) is 48.3 Å². The summed E-state index contributed by atoms with van der Waals surface area (Å²) in [5.74, 6) is 3.33. The molecule has 2 unspecified atom stereocenters. The summed E-state index contributed by atoms with van der Waals surface area (Å²) in [5, 5.41) is 0. The third kappa shape index (κ3) is 22.3. The van der Waals surface area contributed by atoms with Gasteiger partial charge in [-0.2, -0.15) is 0 Å². The molecule has 0 spiro atoms. The molecule has 0 aliphatic heterocycles. The van der Waals surface area contributed by atoms with E-state index in [1.165, 1.54) is 141 Å². The Morgan fingerprint density at radius 3 is 1.89 bits per heavy atom. The lowest BCUT2D eigenvalue weighted by molar-refractivity contribution is -0.148. The molecule has 0 amide bonds. The predicted molar refractivity (Wildman–Crippen MR) is 234 cm³/mol. The van der Waals surface area contributed by atoms with Gasteiger partial charge in [0.15, 0.2) is 0 Å². The molecule has 2 bridgehead atoms. The van der Waals surface area contributed by atoms with E-state index in [1.54, 1.807) is 0 Å². The van der Waals surface area contributed by atoms with Gasteiger partial charge in [-0.3, -0.25) is 9.59 Å². The molecule has 0 radical (unpaired) electrons. The Kier molecular flexibility index (Phi) is 26.1. The highest BCUT2D eigenvalue weighted by Crippen LogP contribution is 2.52. The quantitative estimate of drug-likeness (QED) is 0.0504. The molecular formula is C49H89N3O4. The average Bonchev–Trinajstić information content (AvgIpc) is 3.69. The first-order valence-corrected chi connectivity index (χ1v) is 24.3. The lowest BCUT2D eigenvalue weighted by Crippen LogP contribution is -2.38. The van der Waals surface area contributed by atoms with Gasteiger partial charge < -0.3 is 18.9 Å². The number of unbranched alkanes of at least 4 members (excludes halogenated alkanes) is 13. The van der Waals surface area contributed by atoms with Crippen molar-refractivity contribution in [3.05, 3.63) is 18.7 Å². The first kappa shape index (κ1) is 48.5. The van der Waals surface area contributed by atoms with E-state index in [-0.39, 0.29) is 17.4 Å². The van der Waals surface area contributed by atoms with E-state index in [0.29, 0.717) is 32.0 Å². The fraction of sp³-hybridized carbons (Fsp3) is 0.898. The highest BCUT2D eigenvalue weighted by Gasteiger charge is 2.42. The lowest BCUT2D eigenvalue weighted by atomic mass is 9.58. The topological polar surface area (TPSA) is 73.7 Å². The number of aromatic nitrogens is 2. The molecule has 56 heavy (non-hydrogen) atoms. The van der Waals surface area contributed by atoms with Crippen LogP contribution in [-0.4, -0.2) is 59.2 Å². The molecule has 0 aromatic carbocycles. The van der Waals surface area contributed by atoms with Crippen molar-refractivity contribution in [3.8, 4) is 0 Å². The number of nitrogens with zero attached hydrogens (tertiary/aromatic N) is 3. The van der Waals surface area contributed by atoms with Crippen molar-refractivity contribution in [2.45, 2.75) is 220 Å². The minimum absolute atomic E-state index is 0.00402. The van der Waals surface area contributed by atoms with Gasteiger partial charge in [0, 0.05) is 25.4 Å². The lowest BCUT2D eigenvalue weighted by Gasteiger charge is -2.47. The minimum Gasteiger partial charge on any atom is -0.466 e. The Morgan fingerprint density at radius 2 is 1.29 bits per heavy atom. The fourth-order valence-corrected chi connectivity index (χ4v) is 10.3. The minimum atomic E-state index is 0.00402. The number of esters is 2. The van der Waals surface area contributed by atoms with Crippen molar-refractivity contribution in [3.63, 3.8) is 0 Å². The second-order valence-electron chi connectivity index (χ2n) is 18.8. The predicted octanol–water partition coefficient (Wildman–Crippen LogP) is 13.1. The van der Waals surface area contributed by atoms with Gasteiger partial charge in [-0.1, -0.05) is 130 Å². The van der Waals surface area contributed by atoms with Gasteiger partial charge in [0.25, 0.3) is 0 Å². The molecule has 7 heteroatoms. The third-order valence-corrected chi connectivity index (χ3v) is 13.4. The van der Waals surface area contributed by atoms with Crippen LogP contribution in [0.4, 0.5) is 0 Å². The van der Waals surface area contributed by atoms with Crippen molar-refractivity contribution in [1.82, 2.24) is 14.5 Å². The molecule has 2 atom stereocenters. The van der Waals surface area contributed by atoms with E-state index < -0.39 is 0 Å². The number of imidazole rings is 1. The molecule has 0 saturated heterocycles. The zero-order valence-electron chi connectivity index (χ0n) is 37.3. The van der Waals surface area contributed by atoms with Crippen LogP contribution in [0.15, 0.2) is 18.7 Å². The summed E-state index contributed by atoms with van der Waals surface area (Å²) in [6.45, 7) is 14.9. The Labute approximate surface area is 345 Å². The van der Waals surface area contributed by atoms with E-state index in [0.717, 1.165) is 75.9 Å². The highest BCUT2D eigenvalue weighted by atomic mass is 16.5. The van der Waals surface area contributed by atoms with Gasteiger partial charge >= 0.3 is 11.9 Å². The molecule has 1 aromatic rings. The van der Waals surface area contributed by atoms with Crippen molar-refractivity contribution in [1.29, 1.82) is 0 Å². The number of rotatable bonds is 35. The molecule has 3 rings (SSSR count). The number of ether oxygens (including phenoxy) is 2. The molecule has 7 nitrogen and oxygen atoms in total. The molecule has 1 aromatic heterocycles. The van der Waals surface area contributed by atoms with Crippen molar-refractivity contribution < 1.29 is 19.1 Å². The zero-order valence-corrected chi connectivity index (χ0v) is 37.3. The maximum absolute atomic E-state index is 12.8. The molecule has 324 valence electrons. The van der Waals surface area contributed by atoms with Crippen molar-refractivity contribution in [2.75, 3.05) is 32.8 Å². The van der Waals surface area contributed by atoms with Gasteiger partial charge in [-0.25, -0.2) is 4.98 Å². The van der Waals surface area contributed by atoms with E-state index in [1.807, 2.05) is 12.5 Å². The normalized spacial score (nSPS) is 20.9. The van der Waals surface area contributed by atoms with Gasteiger partial charge in [0.05, 0.1) is 26.0 Å². The van der Waals surface area contributed by atoms with Gasteiger partial charge in [-0.15, -0.1) is 0 Å². The maximum Gasteiger partial charge on any atom is 0.306 e.